The van der Waals surface area contributed by atoms with Crippen LogP contribution in [0.5, 0.6) is 0 Å². The summed E-state index contributed by atoms with van der Waals surface area (Å²) in [6.07, 6.45) is 1.65. The van der Waals surface area contributed by atoms with Gasteiger partial charge in [0.2, 0.25) is 0 Å². The van der Waals surface area contributed by atoms with Gasteiger partial charge in [-0.1, -0.05) is 18.2 Å². The van der Waals surface area contributed by atoms with Crippen molar-refractivity contribution in [1.29, 1.82) is 0 Å². The molecule has 0 spiro atoms. The molecule has 1 fully saturated rings. The van der Waals surface area contributed by atoms with E-state index in [-0.39, 0.29) is 12.2 Å². The third-order valence-corrected chi connectivity index (χ3v) is 4.62. The van der Waals surface area contributed by atoms with Gasteiger partial charge in [0.05, 0.1) is 23.4 Å². The first-order chi connectivity index (χ1) is 10.6. The summed E-state index contributed by atoms with van der Waals surface area (Å²) >= 11 is 0. The van der Waals surface area contributed by atoms with Crippen LogP contribution in [0.2, 0.25) is 0 Å². The van der Waals surface area contributed by atoms with Crippen LogP contribution in [-0.2, 0) is 9.31 Å². The number of carbonyl (C=O) groups is 1. The second-order valence-corrected chi connectivity index (χ2v) is 6.81. The van der Waals surface area contributed by atoms with Gasteiger partial charge in [-0.05, 0) is 57.3 Å². The zero-order chi connectivity index (χ0) is 17.4. The Morgan fingerprint density at radius 2 is 1.78 bits per heavy atom. The maximum absolute atomic E-state index is 11.4. The van der Waals surface area contributed by atoms with E-state index in [1.807, 2.05) is 40.7 Å². The monoisotopic (exact) mass is 318 g/mol. The second-order valence-electron chi connectivity index (χ2n) is 6.81. The first kappa shape index (κ1) is 17.7. The predicted molar refractivity (Wildman–Crippen MR) is 89.3 cm³/mol. The van der Waals surface area contributed by atoms with Gasteiger partial charge >= 0.3 is 13.1 Å². The van der Waals surface area contributed by atoms with Crippen molar-refractivity contribution in [1.82, 2.24) is 0 Å². The van der Waals surface area contributed by atoms with Gasteiger partial charge in [0.25, 0.3) is 0 Å². The Labute approximate surface area is 137 Å². The number of benzene rings is 1. The average molecular weight is 318 g/mol. The molecular formula is C17H23BO5. The third kappa shape index (κ3) is 3.34. The van der Waals surface area contributed by atoms with Crippen LogP contribution in [0.1, 0.15) is 49.2 Å². The Hall–Kier alpha value is -1.63. The van der Waals surface area contributed by atoms with E-state index >= 15 is 0 Å². The molecule has 2 N–H and O–H groups in total. The number of aryl methyl sites for hydroxylation is 1. The molecule has 23 heavy (non-hydrogen) atoms. The molecule has 0 aromatic heterocycles. The summed E-state index contributed by atoms with van der Waals surface area (Å²) in [5.74, 6) is -1.01. The fraction of sp³-hybridized carbons (Fsp3) is 0.471. The molecule has 1 saturated heterocycles. The molecule has 0 amide bonds. The molecule has 0 bridgehead atoms. The molecule has 5 nitrogen and oxygen atoms in total. The lowest BCUT2D eigenvalue weighted by molar-refractivity contribution is 0.00578. The molecule has 0 radical (unpaired) electrons. The first-order valence-electron chi connectivity index (χ1n) is 7.59. The molecule has 2 rings (SSSR count). The normalized spacial score (nSPS) is 19.9. The van der Waals surface area contributed by atoms with Crippen molar-refractivity contribution in [3.05, 3.63) is 40.4 Å². The van der Waals surface area contributed by atoms with Crippen LogP contribution in [0.4, 0.5) is 0 Å². The number of carboxylic acids is 1. The Bertz CT molecular complexity index is 632. The standard InChI is InChI=1S/C17H23BO5/c1-11-7-6-8-13(15(20)21)14(11)9-12(10-19)18-22-16(2,3)17(4,5)23-18/h6-9,19H,10H2,1-5H3,(H,20,21). The van der Waals surface area contributed by atoms with Crippen molar-refractivity contribution < 1.29 is 24.3 Å². The minimum atomic E-state index is -1.01. The van der Waals surface area contributed by atoms with Crippen molar-refractivity contribution in [2.45, 2.75) is 45.8 Å². The SMILES string of the molecule is Cc1cccc(C(=O)O)c1C=C(CO)B1OC(C)(C)C(C)(C)O1. The number of aromatic carboxylic acids is 1. The summed E-state index contributed by atoms with van der Waals surface area (Å²) in [5, 5.41) is 19.1. The van der Waals surface area contributed by atoms with E-state index in [9.17, 15) is 15.0 Å². The molecule has 1 aliphatic rings. The van der Waals surface area contributed by atoms with E-state index < -0.39 is 24.3 Å². The molecule has 0 atom stereocenters. The molecule has 1 aromatic rings. The highest BCUT2D eigenvalue weighted by atomic mass is 16.7. The molecule has 0 saturated carbocycles. The summed E-state index contributed by atoms with van der Waals surface area (Å²) in [7, 11) is -0.703. The third-order valence-electron chi connectivity index (χ3n) is 4.62. The minimum Gasteiger partial charge on any atom is -0.478 e. The average Bonchev–Trinajstić information content (AvgIpc) is 2.65. The highest BCUT2D eigenvalue weighted by Gasteiger charge is 2.52. The lowest BCUT2D eigenvalue weighted by Gasteiger charge is -2.32. The highest BCUT2D eigenvalue weighted by Crippen LogP contribution is 2.38. The maximum atomic E-state index is 11.4. The van der Waals surface area contributed by atoms with Crippen LogP contribution >= 0.6 is 0 Å². The van der Waals surface area contributed by atoms with Crippen LogP contribution in [0.25, 0.3) is 6.08 Å². The quantitative estimate of drug-likeness (QED) is 0.835. The summed E-state index contributed by atoms with van der Waals surface area (Å²) in [6.45, 7) is 9.27. The van der Waals surface area contributed by atoms with Crippen LogP contribution in [-0.4, -0.2) is 41.1 Å². The fourth-order valence-corrected chi connectivity index (χ4v) is 2.43. The first-order valence-corrected chi connectivity index (χ1v) is 7.59. The Balaban J connectivity index is 2.44. The van der Waals surface area contributed by atoms with E-state index in [0.29, 0.717) is 11.0 Å². The fourth-order valence-electron chi connectivity index (χ4n) is 2.43. The van der Waals surface area contributed by atoms with Crippen LogP contribution < -0.4 is 0 Å². The van der Waals surface area contributed by atoms with E-state index in [0.717, 1.165) is 5.56 Å². The zero-order valence-corrected chi connectivity index (χ0v) is 14.2. The van der Waals surface area contributed by atoms with E-state index in [2.05, 4.69) is 0 Å². The predicted octanol–water partition coefficient (Wildman–Crippen LogP) is 2.70. The number of aliphatic hydroxyl groups is 1. The molecule has 0 aliphatic carbocycles. The van der Waals surface area contributed by atoms with Gasteiger partial charge in [-0.25, -0.2) is 4.79 Å². The Kier molecular flexibility index (Phi) is 4.71. The lowest BCUT2D eigenvalue weighted by Crippen LogP contribution is -2.41. The molecule has 1 aliphatic heterocycles. The van der Waals surface area contributed by atoms with Crippen LogP contribution in [0.3, 0.4) is 0 Å². The molecule has 1 heterocycles. The smallest absolute Gasteiger partial charge is 0.478 e. The minimum absolute atomic E-state index is 0.187. The summed E-state index contributed by atoms with van der Waals surface area (Å²) in [5.41, 5.74) is 1.01. The number of aliphatic hydroxyl groups excluding tert-OH is 1. The van der Waals surface area contributed by atoms with Gasteiger partial charge in [0.15, 0.2) is 0 Å². The zero-order valence-electron chi connectivity index (χ0n) is 14.2. The van der Waals surface area contributed by atoms with Crippen molar-refractivity contribution in [2.24, 2.45) is 0 Å². The van der Waals surface area contributed by atoms with Crippen molar-refractivity contribution in [3.63, 3.8) is 0 Å². The molecule has 0 unspecified atom stereocenters. The molecular weight excluding hydrogens is 295 g/mol. The Morgan fingerprint density at radius 1 is 1.22 bits per heavy atom. The number of hydrogen-bond donors (Lipinski definition) is 2. The summed E-state index contributed by atoms with van der Waals surface area (Å²) in [4.78, 5) is 11.4. The lowest BCUT2D eigenvalue weighted by atomic mass is 9.77. The molecule has 6 heteroatoms. The summed E-state index contributed by atoms with van der Waals surface area (Å²) < 4.78 is 11.9. The van der Waals surface area contributed by atoms with Gasteiger partial charge < -0.3 is 19.5 Å². The molecule has 124 valence electrons. The number of rotatable bonds is 4. The van der Waals surface area contributed by atoms with Crippen molar-refractivity contribution in [3.8, 4) is 0 Å². The molecule has 1 aromatic carbocycles. The van der Waals surface area contributed by atoms with Gasteiger partial charge in [-0.15, -0.1) is 0 Å². The van der Waals surface area contributed by atoms with Crippen LogP contribution in [0.15, 0.2) is 23.7 Å². The van der Waals surface area contributed by atoms with E-state index in [1.54, 1.807) is 18.2 Å². The van der Waals surface area contributed by atoms with Gasteiger partial charge in [-0.2, -0.15) is 0 Å². The van der Waals surface area contributed by atoms with E-state index in [4.69, 9.17) is 9.31 Å². The largest absolute Gasteiger partial charge is 0.492 e. The van der Waals surface area contributed by atoms with Gasteiger partial charge in [0, 0.05) is 0 Å². The maximum Gasteiger partial charge on any atom is 0.492 e. The topological polar surface area (TPSA) is 76.0 Å². The van der Waals surface area contributed by atoms with Crippen molar-refractivity contribution >= 4 is 19.2 Å². The number of hydrogen-bond acceptors (Lipinski definition) is 4. The van der Waals surface area contributed by atoms with Crippen LogP contribution in [0, 0.1) is 6.92 Å². The Morgan fingerprint density at radius 3 is 2.26 bits per heavy atom. The number of carboxylic acid groups (broad SMARTS) is 1. The van der Waals surface area contributed by atoms with E-state index in [1.165, 1.54) is 0 Å². The second kappa shape index (κ2) is 6.11. The summed E-state index contributed by atoms with van der Waals surface area (Å²) in [6, 6.07) is 5.07. The van der Waals surface area contributed by atoms with Crippen molar-refractivity contribution in [2.75, 3.05) is 6.61 Å². The van der Waals surface area contributed by atoms with Gasteiger partial charge in [-0.3, -0.25) is 0 Å². The highest BCUT2D eigenvalue weighted by molar-refractivity contribution is 6.55. The van der Waals surface area contributed by atoms with Gasteiger partial charge in [0.1, 0.15) is 0 Å².